The number of benzene rings is 1. The molecule has 23 heavy (non-hydrogen) atoms. The number of carbonyl (C=O) groups excluding carboxylic acids is 1. The molecule has 1 heterocycles. The number of likely N-dealkylation sites (N-methyl/N-ethyl adjacent to an activating group) is 1. The summed E-state index contributed by atoms with van der Waals surface area (Å²) >= 11 is 0. The molecule has 0 bridgehead atoms. The van der Waals surface area contributed by atoms with Gasteiger partial charge >= 0.3 is 5.97 Å². The molecule has 0 radical (unpaired) electrons. The molecule has 1 aliphatic heterocycles. The second-order valence-corrected chi connectivity index (χ2v) is 6.25. The lowest BCUT2D eigenvalue weighted by molar-refractivity contribution is -0.171. The SMILES string of the molecule is CC(C)C(O)(C(=O)OCC1=CCCN(C)C1)c1ccccc1.Cl. The van der Waals surface area contributed by atoms with Crippen LogP contribution in [0.15, 0.2) is 42.0 Å². The number of ether oxygens (including phenoxy) is 1. The topological polar surface area (TPSA) is 49.8 Å². The normalized spacial score (nSPS) is 17.9. The third-order valence-electron chi connectivity index (χ3n) is 4.17. The summed E-state index contributed by atoms with van der Waals surface area (Å²) in [5.41, 5.74) is 0.0496. The molecule has 0 aromatic heterocycles. The summed E-state index contributed by atoms with van der Waals surface area (Å²) in [7, 11) is 2.04. The molecular weight excluding hydrogens is 314 g/mol. The molecule has 0 spiro atoms. The lowest BCUT2D eigenvalue weighted by Gasteiger charge is -2.31. The minimum Gasteiger partial charge on any atom is -0.459 e. The molecule has 1 unspecified atom stereocenters. The van der Waals surface area contributed by atoms with Crippen molar-refractivity contribution in [3.8, 4) is 0 Å². The summed E-state index contributed by atoms with van der Waals surface area (Å²) in [5.74, 6) is -0.853. The molecule has 0 saturated heterocycles. The number of hydrogen-bond acceptors (Lipinski definition) is 4. The number of rotatable bonds is 5. The van der Waals surface area contributed by atoms with Gasteiger partial charge in [-0.25, -0.2) is 4.79 Å². The largest absolute Gasteiger partial charge is 0.459 e. The molecule has 4 nitrogen and oxygen atoms in total. The van der Waals surface area contributed by atoms with Gasteiger partial charge < -0.3 is 14.7 Å². The number of nitrogens with zero attached hydrogens (tertiary/aromatic N) is 1. The molecule has 1 aromatic carbocycles. The van der Waals surface area contributed by atoms with Crippen molar-refractivity contribution in [2.24, 2.45) is 5.92 Å². The maximum atomic E-state index is 12.5. The van der Waals surface area contributed by atoms with E-state index in [9.17, 15) is 9.90 Å². The molecular formula is C18H26ClNO3. The molecule has 0 saturated carbocycles. The predicted octanol–water partition coefficient (Wildman–Crippen LogP) is 2.76. The van der Waals surface area contributed by atoms with E-state index in [0.29, 0.717) is 5.56 Å². The zero-order chi connectivity index (χ0) is 16.2. The molecule has 0 fully saturated rings. The molecule has 1 aromatic rings. The highest BCUT2D eigenvalue weighted by Crippen LogP contribution is 2.31. The highest BCUT2D eigenvalue weighted by molar-refractivity contribution is 5.85. The Morgan fingerprint density at radius 2 is 2.00 bits per heavy atom. The molecule has 5 heteroatoms. The standard InChI is InChI=1S/C18H25NO3.ClH/c1-14(2)18(21,16-9-5-4-6-10-16)17(20)22-13-15-8-7-11-19(3)12-15;/h4-6,8-10,14,21H,7,11-13H2,1-3H3;1H. The van der Waals surface area contributed by atoms with Gasteiger partial charge in [-0.2, -0.15) is 0 Å². The Labute approximate surface area is 144 Å². The van der Waals surface area contributed by atoms with Crippen LogP contribution in [0.2, 0.25) is 0 Å². The zero-order valence-electron chi connectivity index (χ0n) is 14.0. The number of aliphatic hydroxyl groups is 1. The van der Waals surface area contributed by atoms with Gasteiger partial charge in [-0.05, 0) is 30.5 Å². The number of esters is 1. The molecule has 0 amide bonds. The summed E-state index contributed by atoms with van der Waals surface area (Å²) in [6.45, 7) is 5.71. The van der Waals surface area contributed by atoms with Crippen molar-refractivity contribution >= 4 is 18.4 Å². The van der Waals surface area contributed by atoms with Gasteiger partial charge in [0.05, 0.1) is 0 Å². The maximum Gasteiger partial charge on any atom is 0.343 e. The van der Waals surface area contributed by atoms with E-state index >= 15 is 0 Å². The van der Waals surface area contributed by atoms with Crippen LogP contribution in [-0.4, -0.2) is 42.7 Å². The fraction of sp³-hybridized carbons (Fsp3) is 0.500. The average Bonchev–Trinajstić information content (AvgIpc) is 2.52. The Kier molecular flexibility index (Phi) is 7.26. The van der Waals surface area contributed by atoms with E-state index in [1.807, 2.05) is 39.1 Å². The molecule has 1 aliphatic rings. The summed E-state index contributed by atoms with van der Waals surface area (Å²) in [5, 5.41) is 10.9. The van der Waals surface area contributed by atoms with Crippen molar-refractivity contribution in [2.45, 2.75) is 25.9 Å². The lowest BCUT2D eigenvalue weighted by atomic mass is 9.83. The van der Waals surface area contributed by atoms with Gasteiger partial charge in [-0.15, -0.1) is 12.4 Å². The van der Waals surface area contributed by atoms with Crippen LogP contribution in [0.4, 0.5) is 0 Å². The Balaban J connectivity index is 0.00000264. The van der Waals surface area contributed by atoms with Crippen molar-refractivity contribution < 1.29 is 14.6 Å². The number of halogens is 1. The van der Waals surface area contributed by atoms with E-state index in [4.69, 9.17) is 4.74 Å². The lowest BCUT2D eigenvalue weighted by Crippen LogP contribution is -2.42. The Bertz CT molecular complexity index is 544. The van der Waals surface area contributed by atoms with Crippen LogP contribution in [-0.2, 0) is 15.1 Å². The van der Waals surface area contributed by atoms with Crippen LogP contribution in [0.25, 0.3) is 0 Å². The summed E-state index contributed by atoms with van der Waals surface area (Å²) in [6, 6.07) is 9.01. The monoisotopic (exact) mass is 339 g/mol. The molecule has 0 aliphatic carbocycles. The van der Waals surface area contributed by atoms with E-state index in [2.05, 4.69) is 11.0 Å². The summed E-state index contributed by atoms with van der Waals surface area (Å²) in [4.78, 5) is 14.7. The Morgan fingerprint density at radius 1 is 1.35 bits per heavy atom. The van der Waals surface area contributed by atoms with Crippen LogP contribution in [0.1, 0.15) is 25.8 Å². The number of hydrogen-bond donors (Lipinski definition) is 1. The third kappa shape index (κ3) is 4.56. The van der Waals surface area contributed by atoms with Gasteiger partial charge in [0.2, 0.25) is 0 Å². The van der Waals surface area contributed by atoms with E-state index in [-0.39, 0.29) is 24.9 Å². The van der Waals surface area contributed by atoms with E-state index < -0.39 is 11.6 Å². The van der Waals surface area contributed by atoms with E-state index in [0.717, 1.165) is 25.1 Å². The quantitative estimate of drug-likeness (QED) is 0.662. The summed E-state index contributed by atoms with van der Waals surface area (Å²) < 4.78 is 5.43. The molecule has 1 atom stereocenters. The Morgan fingerprint density at radius 3 is 2.57 bits per heavy atom. The Hall–Kier alpha value is -1.36. The fourth-order valence-electron chi connectivity index (χ4n) is 2.73. The minimum absolute atomic E-state index is 0. The van der Waals surface area contributed by atoms with Crippen molar-refractivity contribution in [3.05, 3.63) is 47.5 Å². The smallest absolute Gasteiger partial charge is 0.343 e. The molecule has 1 N–H and O–H groups in total. The van der Waals surface area contributed by atoms with E-state index in [1.54, 1.807) is 12.1 Å². The van der Waals surface area contributed by atoms with Gasteiger partial charge in [-0.1, -0.05) is 50.3 Å². The van der Waals surface area contributed by atoms with Crippen molar-refractivity contribution in [3.63, 3.8) is 0 Å². The van der Waals surface area contributed by atoms with Gasteiger partial charge in [0, 0.05) is 13.1 Å². The highest BCUT2D eigenvalue weighted by atomic mass is 35.5. The van der Waals surface area contributed by atoms with Crippen molar-refractivity contribution in [1.82, 2.24) is 4.90 Å². The van der Waals surface area contributed by atoms with Crippen molar-refractivity contribution in [1.29, 1.82) is 0 Å². The van der Waals surface area contributed by atoms with Gasteiger partial charge in [0.1, 0.15) is 6.61 Å². The predicted molar refractivity (Wildman–Crippen MR) is 93.6 cm³/mol. The fourth-order valence-corrected chi connectivity index (χ4v) is 2.73. The highest BCUT2D eigenvalue weighted by Gasteiger charge is 2.42. The maximum absolute atomic E-state index is 12.5. The third-order valence-corrected chi connectivity index (χ3v) is 4.17. The number of carbonyl (C=O) groups is 1. The van der Waals surface area contributed by atoms with Crippen LogP contribution < -0.4 is 0 Å². The van der Waals surface area contributed by atoms with Gasteiger partial charge in [0.15, 0.2) is 5.60 Å². The zero-order valence-corrected chi connectivity index (χ0v) is 14.8. The van der Waals surface area contributed by atoms with Crippen LogP contribution >= 0.6 is 12.4 Å². The second kappa shape index (κ2) is 8.48. The van der Waals surface area contributed by atoms with Crippen LogP contribution in [0.3, 0.4) is 0 Å². The molecule has 128 valence electrons. The molecule has 2 rings (SSSR count). The first-order valence-corrected chi connectivity index (χ1v) is 7.76. The van der Waals surface area contributed by atoms with E-state index in [1.165, 1.54) is 0 Å². The van der Waals surface area contributed by atoms with Crippen LogP contribution in [0.5, 0.6) is 0 Å². The van der Waals surface area contributed by atoms with Crippen molar-refractivity contribution in [2.75, 3.05) is 26.7 Å². The van der Waals surface area contributed by atoms with Crippen LogP contribution in [0, 0.1) is 5.92 Å². The second-order valence-electron chi connectivity index (χ2n) is 6.25. The minimum atomic E-state index is -1.61. The first-order valence-electron chi connectivity index (χ1n) is 7.76. The van der Waals surface area contributed by atoms with Gasteiger partial charge in [-0.3, -0.25) is 0 Å². The first kappa shape index (κ1) is 19.7. The summed E-state index contributed by atoms with van der Waals surface area (Å²) in [6.07, 6.45) is 3.08. The first-order chi connectivity index (χ1) is 10.4. The van der Waals surface area contributed by atoms with Gasteiger partial charge in [0.25, 0.3) is 0 Å². The average molecular weight is 340 g/mol.